The Bertz CT molecular complexity index is 432. The second-order valence-corrected chi connectivity index (χ2v) is 3.62. The fourth-order valence-corrected chi connectivity index (χ4v) is 1.58. The van der Waals surface area contributed by atoms with Gasteiger partial charge in [0.15, 0.2) is 11.6 Å². The number of ether oxygens (including phenoxy) is 2. The number of carbonyl (C=O) groups is 2. The molecule has 0 amide bonds. The van der Waals surface area contributed by atoms with E-state index in [0.717, 1.165) is 0 Å². The van der Waals surface area contributed by atoms with Gasteiger partial charge in [-0.05, 0) is 17.7 Å². The van der Waals surface area contributed by atoms with Crippen LogP contribution in [0.2, 0.25) is 0 Å². The van der Waals surface area contributed by atoms with Crippen molar-refractivity contribution in [2.24, 2.45) is 0 Å². The Morgan fingerprint density at radius 3 is 2.78 bits per heavy atom. The van der Waals surface area contributed by atoms with E-state index in [1.54, 1.807) is 6.07 Å². The molecule has 0 spiro atoms. The van der Waals surface area contributed by atoms with Crippen molar-refractivity contribution in [3.8, 4) is 5.75 Å². The molecule has 0 fully saturated rings. The molecule has 1 unspecified atom stereocenters. The van der Waals surface area contributed by atoms with Crippen LogP contribution in [0.4, 0.5) is 4.39 Å². The number of halogens is 1. The molecular weight excluding hydrogens is 243 g/mol. The lowest BCUT2D eigenvalue weighted by Gasteiger charge is -2.14. The Hall–Kier alpha value is -2.11. The summed E-state index contributed by atoms with van der Waals surface area (Å²) in [7, 11) is 1.34. The maximum atomic E-state index is 13.5. The van der Waals surface area contributed by atoms with Crippen molar-refractivity contribution in [1.82, 2.24) is 0 Å². The predicted octanol–water partition coefficient (Wildman–Crippen LogP) is 1.57. The average Bonchev–Trinajstić information content (AvgIpc) is 2.34. The van der Waals surface area contributed by atoms with Gasteiger partial charge in [0.2, 0.25) is 0 Å². The van der Waals surface area contributed by atoms with Crippen LogP contribution in [0.1, 0.15) is 17.9 Å². The Labute approximate surface area is 103 Å². The first-order valence-corrected chi connectivity index (χ1v) is 5.19. The largest absolute Gasteiger partial charge is 0.494 e. The second-order valence-electron chi connectivity index (χ2n) is 3.62. The van der Waals surface area contributed by atoms with Crippen molar-refractivity contribution >= 4 is 12.4 Å². The van der Waals surface area contributed by atoms with Gasteiger partial charge in [-0.15, -0.1) is 0 Å². The van der Waals surface area contributed by atoms with Gasteiger partial charge in [0.25, 0.3) is 6.47 Å². The van der Waals surface area contributed by atoms with Crippen molar-refractivity contribution in [1.29, 1.82) is 0 Å². The van der Waals surface area contributed by atoms with Gasteiger partial charge < -0.3 is 14.6 Å². The van der Waals surface area contributed by atoms with E-state index in [1.165, 1.54) is 19.2 Å². The molecule has 0 bridgehead atoms. The van der Waals surface area contributed by atoms with Crippen LogP contribution in [-0.4, -0.2) is 31.3 Å². The Balaban J connectivity index is 2.92. The molecule has 0 heterocycles. The smallest absolute Gasteiger partial charge is 0.304 e. The van der Waals surface area contributed by atoms with E-state index in [0.29, 0.717) is 5.56 Å². The zero-order valence-corrected chi connectivity index (χ0v) is 9.76. The minimum Gasteiger partial charge on any atom is -0.494 e. The number of carboxylic acids is 1. The monoisotopic (exact) mass is 256 g/mol. The molecule has 98 valence electrons. The quantitative estimate of drug-likeness (QED) is 0.749. The van der Waals surface area contributed by atoms with Gasteiger partial charge >= 0.3 is 5.97 Å². The number of carbonyl (C=O) groups excluding carboxylic acids is 1. The Kier molecular flexibility index (Phi) is 5.10. The predicted molar refractivity (Wildman–Crippen MR) is 60.0 cm³/mol. The van der Waals surface area contributed by atoms with Crippen molar-refractivity contribution in [3.63, 3.8) is 0 Å². The molecular formula is C12H13FO5. The number of carboxylic acid groups (broad SMARTS) is 1. The molecule has 0 radical (unpaired) electrons. The van der Waals surface area contributed by atoms with Crippen molar-refractivity contribution in [2.75, 3.05) is 13.7 Å². The number of hydrogen-bond acceptors (Lipinski definition) is 4. The molecule has 0 saturated carbocycles. The van der Waals surface area contributed by atoms with Crippen LogP contribution in [0.5, 0.6) is 5.75 Å². The summed E-state index contributed by atoms with van der Waals surface area (Å²) in [5.74, 6) is -2.15. The van der Waals surface area contributed by atoms with E-state index < -0.39 is 17.7 Å². The number of methoxy groups -OCH3 is 1. The van der Waals surface area contributed by atoms with Crippen molar-refractivity contribution in [3.05, 3.63) is 29.6 Å². The first-order valence-electron chi connectivity index (χ1n) is 5.19. The normalized spacial score (nSPS) is 11.7. The molecule has 1 aromatic rings. The number of aliphatic carboxylic acids is 1. The summed E-state index contributed by atoms with van der Waals surface area (Å²) in [6.45, 7) is 0.121. The third-order valence-corrected chi connectivity index (χ3v) is 2.43. The molecule has 0 aromatic heterocycles. The molecule has 0 aliphatic rings. The summed E-state index contributed by atoms with van der Waals surface area (Å²) in [6.07, 6.45) is -0.250. The topological polar surface area (TPSA) is 72.8 Å². The van der Waals surface area contributed by atoms with Gasteiger partial charge in [0.05, 0.1) is 20.1 Å². The number of hydrogen-bond donors (Lipinski definition) is 1. The fourth-order valence-electron chi connectivity index (χ4n) is 1.58. The summed E-state index contributed by atoms with van der Waals surface area (Å²) in [5.41, 5.74) is 0.442. The van der Waals surface area contributed by atoms with Crippen LogP contribution in [-0.2, 0) is 14.3 Å². The van der Waals surface area contributed by atoms with Gasteiger partial charge in [-0.1, -0.05) is 6.07 Å². The third kappa shape index (κ3) is 3.73. The van der Waals surface area contributed by atoms with Crippen LogP contribution in [0.25, 0.3) is 0 Å². The number of benzene rings is 1. The van der Waals surface area contributed by atoms with Crippen molar-refractivity contribution in [2.45, 2.75) is 12.3 Å². The van der Waals surface area contributed by atoms with Crippen molar-refractivity contribution < 1.29 is 28.6 Å². The second kappa shape index (κ2) is 6.58. The molecule has 1 atom stereocenters. The highest BCUT2D eigenvalue weighted by Crippen LogP contribution is 2.25. The van der Waals surface area contributed by atoms with E-state index in [2.05, 4.69) is 4.74 Å². The first-order chi connectivity index (χ1) is 8.58. The van der Waals surface area contributed by atoms with E-state index in [1.807, 2.05) is 0 Å². The lowest BCUT2D eigenvalue weighted by Crippen LogP contribution is -2.12. The molecule has 5 nitrogen and oxygen atoms in total. The lowest BCUT2D eigenvalue weighted by atomic mass is 9.96. The molecule has 18 heavy (non-hydrogen) atoms. The van der Waals surface area contributed by atoms with Crippen LogP contribution < -0.4 is 4.74 Å². The molecule has 0 aliphatic heterocycles. The van der Waals surface area contributed by atoms with Crippen LogP contribution in [0.15, 0.2) is 18.2 Å². The highest BCUT2D eigenvalue weighted by atomic mass is 19.1. The molecule has 6 heteroatoms. The lowest BCUT2D eigenvalue weighted by molar-refractivity contribution is -0.139. The van der Waals surface area contributed by atoms with E-state index in [4.69, 9.17) is 9.84 Å². The molecule has 1 aromatic carbocycles. The summed E-state index contributed by atoms with van der Waals surface area (Å²) in [6, 6.07) is 4.13. The van der Waals surface area contributed by atoms with E-state index in [9.17, 15) is 14.0 Å². The zero-order valence-electron chi connectivity index (χ0n) is 9.76. The first kappa shape index (κ1) is 14.0. The Morgan fingerprint density at radius 2 is 2.28 bits per heavy atom. The summed E-state index contributed by atoms with van der Waals surface area (Å²) in [5, 5.41) is 8.75. The van der Waals surface area contributed by atoms with Gasteiger partial charge in [0.1, 0.15) is 0 Å². The van der Waals surface area contributed by atoms with E-state index in [-0.39, 0.29) is 25.2 Å². The van der Waals surface area contributed by atoms with Crippen LogP contribution >= 0.6 is 0 Å². The summed E-state index contributed by atoms with van der Waals surface area (Å²) >= 11 is 0. The summed E-state index contributed by atoms with van der Waals surface area (Å²) < 4.78 is 22.8. The van der Waals surface area contributed by atoms with Crippen LogP contribution in [0, 0.1) is 5.82 Å². The third-order valence-electron chi connectivity index (χ3n) is 2.43. The number of rotatable bonds is 7. The molecule has 0 aliphatic carbocycles. The van der Waals surface area contributed by atoms with Gasteiger partial charge in [0, 0.05) is 5.92 Å². The van der Waals surface area contributed by atoms with E-state index >= 15 is 0 Å². The average molecular weight is 256 g/mol. The summed E-state index contributed by atoms with van der Waals surface area (Å²) in [4.78, 5) is 20.8. The minimum atomic E-state index is -1.05. The fraction of sp³-hybridized carbons (Fsp3) is 0.333. The zero-order chi connectivity index (χ0) is 13.5. The Morgan fingerprint density at radius 1 is 1.56 bits per heavy atom. The highest BCUT2D eigenvalue weighted by molar-refractivity contribution is 5.68. The van der Waals surface area contributed by atoms with Crippen LogP contribution in [0.3, 0.4) is 0 Å². The minimum absolute atomic E-state index is 0.0733. The highest BCUT2D eigenvalue weighted by Gasteiger charge is 2.18. The molecule has 1 rings (SSSR count). The SMILES string of the molecule is COc1ccc(C(COC=O)CC(=O)O)cc1F. The molecule has 1 N–H and O–H groups in total. The van der Waals surface area contributed by atoms with Gasteiger partial charge in [-0.25, -0.2) is 4.39 Å². The molecule has 0 saturated heterocycles. The standard InChI is InChI=1S/C12H13FO5/c1-17-11-3-2-8(4-10(11)13)9(5-12(15)16)6-18-7-14/h2-4,7,9H,5-6H2,1H3,(H,15,16). The van der Waals surface area contributed by atoms with Gasteiger partial charge in [-0.2, -0.15) is 0 Å². The maximum absolute atomic E-state index is 13.5. The van der Waals surface area contributed by atoms with Gasteiger partial charge in [-0.3, -0.25) is 9.59 Å². The maximum Gasteiger partial charge on any atom is 0.304 e.